The van der Waals surface area contributed by atoms with Crippen molar-refractivity contribution in [3.63, 3.8) is 0 Å². The molecule has 1 aromatic rings. The number of carboxylic acids is 1. The molecule has 0 saturated carbocycles. The Bertz CT molecular complexity index is 524. The topological polar surface area (TPSA) is 66.8 Å². The van der Waals surface area contributed by atoms with Gasteiger partial charge in [0.05, 0.1) is 0 Å². The maximum absolute atomic E-state index is 13.5. The van der Waals surface area contributed by atoms with Gasteiger partial charge in [0.15, 0.2) is 6.61 Å². The molecule has 0 spiro atoms. The maximum Gasteiger partial charge on any atom is 0.342 e. The molecule has 0 unspecified atom stereocenters. The fourth-order valence-corrected chi connectivity index (χ4v) is 2.38. The molecule has 1 aromatic carbocycles. The van der Waals surface area contributed by atoms with E-state index in [1.54, 1.807) is 4.90 Å². The van der Waals surface area contributed by atoms with Crippen LogP contribution >= 0.6 is 0 Å². The number of carbonyl (C=O) groups excluding carboxylic acids is 1. The highest BCUT2D eigenvalue weighted by molar-refractivity contribution is 5.91. The van der Waals surface area contributed by atoms with Crippen LogP contribution in [0, 0.1) is 5.82 Å². The number of rotatable bonds is 4. The smallest absolute Gasteiger partial charge is 0.342 e. The van der Waals surface area contributed by atoms with E-state index in [0.717, 1.165) is 31.7 Å². The van der Waals surface area contributed by atoms with E-state index in [1.165, 1.54) is 12.1 Å². The fraction of sp³-hybridized carbons (Fsp3) is 0.467. The van der Waals surface area contributed by atoms with Gasteiger partial charge in [-0.1, -0.05) is 18.9 Å². The zero-order valence-corrected chi connectivity index (χ0v) is 11.7. The summed E-state index contributed by atoms with van der Waals surface area (Å²) in [7, 11) is 0. The Kier molecular flexibility index (Phi) is 5.14. The van der Waals surface area contributed by atoms with Gasteiger partial charge in [0.1, 0.15) is 17.1 Å². The van der Waals surface area contributed by atoms with E-state index in [0.29, 0.717) is 13.1 Å². The summed E-state index contributed by atoms with van der Waals surface area (Å²) in [5.74, 6) is -2.60. The zero-order chi connectivity index (χ0) is 15.2. The number of hydrogen-bond acceptors (Lipinski definition) is 3. The minimum Gasteiger partial charge on any atom is -0.483 e. The highest BCUT2D eigenvalue weighted by atomic mass is 19.1. The largest absolute Gasteiger partial charge is 0.483 e. The standard InChI is InChI=1S/C15H18FNO4/c16-11-6-5-7-12(14(11)15(19)20)21-10-13(18)17-8-3-1-2-4-9-17/h5-7H,1-4,8-10H2,(H,19,20). The Morgan fingerprint density at radius 3 is 2.48 bits per heavy atom. The first-order chi connectivity index (χ1) is 10.1. The quantitative estimate of drug-likeness (QED) is 0.925. The van der Waals surface area contributed by atoms with E-state index < -0.39 is 17.3 Å². The minimum atomic E-state index is -1.41. The molecule has 0 aliphatic carbocycles. The first-order valence-electron chi connectivity index (χ1n) is 7.02. The summed E-state index contributed by atoms with van der Waals surface area (Å²) in [4.78, 5) is 24.8. The van der Waals surface area contributed by atoms with Crippen molar-refractivity contribution in [2.75, 3.05) is 19.7 Å². The summed E-state index contributed by atoms with van der Waals surface area (Å²) in [5.41, 5.74) is -0.541. The van der Waals surface area contributed by atoms with Gasteiger partial charge in [0, 0.05) is 13.1 Å². The summed E-state index contributed by atoms with van der Waals surface area (Å²) in [6, 6.07) is 3.75. The molecule has 1 aliphatic rings. The van der Waals surface area contributed by atoms with Gasteiger partial charge in [-0.25, -0.2) is 9.18 Å². The monoisotopic (exact) mass is 295 g/mol. The van der Waals surface area contributed by atoms with Crippen LogP contribution < -0.4 is 4.74 Å². The number of ether oxygens (including phenoxy) is 1. The summed E-state index contributed by atoms with van der Waals surface area (Å²) >= 11 is 0. The number of benzene rings is 1. The van der Waals surface area contributed by atoms with Gasteiger partial charge in [-0.05, 0) is 25.0 Å². The number of likely N-dealkylation sites (tertiary alicyclic amines) is 1. The van der Waals surface area contributed by atoms with Crippen LogP contribution in [0.5, 0.6) is 5.75 Å². The van der Waals surface area contributed by atoms with Gasteiger partial charge in [-0.2, -0.15) is 0 Å². The molecule has 6 heteroatoms. The Labute approximate surface area is 122 Å². The van der Waals surface area contributed by atoms with Gasteiger partial charge in [0.25, 0.3) is 5.91 Å². The maximum atomic E-state index is 13.5. The number of aromatic carboxylic acids is 1. The molecule has 1 heterocycles. The van der Waals surface area contributed by atoms with Crippen molar-refractivity contribution in [2.45, 2.75) is 25.7 Å². The third kappa shape index (κ3) is 3.93. The number of nitrogens with zero attached hydrogens (tertiary/aromatic N) is 1. The van der Waals surface area contributed by atoms with Crippen LogP contribution in [0.25, 0.3) is 0 Å². The van der Waals surface area contributed by atoms with Gasteiger partial charge < -0.3 is 14.7 Å². The second kappa shape index (κ2) is 7.06. The second-order valence-electron chi connectivity index (χ2n) is 5.00. The summed E-state index contributed by atoms with van der Waals surface area (Å²) < 4.78 is 18.7. The first-order valence-corrected chi connectivity index (χ1v) is 7.02. The van der Waals surface area contributed by atoms with Crippen molar-refractivity contribution in [2.24, 2.45) is 0 Å². The molecule has 5 nitrogen and oxygen atoms in total. The van der Waals surface area contributed by atoms with Crippen LogP contribution in [0.3, 0.4) is 0 Å². The predicted molar refractivity (Wildman–Crippen MR) is 73.9 cm³/mol. The summed E-state index contributed by atoms with van der Waals surface area (Å²) in [6.07, 6.45) is 4.15. The normalized spacial score (nSPS) is 15.4. The lowest BCUT2D eigenvalue weighted by Crippen LogP contribution is -2.35. The molecule has 1 aliphatic heterocycles. The highest BCUT2D eigenvalue weighted by Gasteiger charge is 2.20. The third-order valence-corrected chi connectivity index (χ3v) is 3.50. The van der Waals surface area contributed by atoms with E-state index in [9.17, 15) is 14.0 Å². The second-order valence-corrected chi connectivity index (χ2v) is 5.00. The molecule has 0 radical (unpaired) electrons. The average Bonchev–Trinajstić information content (AvgIpc) is 2.73. The SMILES string of the molecule is O=C(O)c1c(F)cccc1OCC(=O)N1CCCCCC1. The Balaban J connectivity index is 2.01. The average molecular weight is 295 g/mol. The number of halogens is 1. The van der Waals surface area contributed by atoms with Crippen LogP contribution in [0.15, 0.2) is 18.2 Å². The van der Waals surface area contributed by atoms with Gasteiger partial charge >= 0.3 is 5.97 Å². The predicted octanol–water partition coefficient (Wildman–Crippen LogP) is 2.31. The van der Waals surface area contributed by atoms with E-state index >= 15 is 0 Å². The van der Waals surface area contributed by atoms with Gasteiger partial charge in [0.2, 0.25) is 0 Å². The molecule has 1 saturated heterocycles. The molecule has 0 atom stereocenters. The Morgan fingerprint density at radius 1 is 1.19 bits per heavy atom. The summed E-state index contributed by atoms with van der Waals surface area (Å²) in [5, 5.41) is 8.98. The number of hydrogen-bond donors (Lipinski definition) is 1. The van der Waals surface area contributed by atoms with Crippen molar-refractivity contribution in [1.29, 1.82) is 0 Å². The molecule has 1 fully saturated rings. The Morgan fingerprint density at radius 2 is 1.86 bits per heavy atom. The van der Waals surface area contributed by atoms with Gasteiger partial charge in [-0.15, -0.1) is 0 Å². The highest BCUT2D eigenvalue weighted by Crippen LogP contribution is 2.21. The lowest BCUT2D eigenvalue weighted by atomic mass is 10.2. The molecular weight excluding hydrogens is 277 g/mol. The van der Waals surface area contributed by atoms with Crippen LogP contribution in [-0.4, -0.2) is 41.6 Å². The zero-order valence-electron chi connectivity index (χ0n) is 11.7. The van der Waals surface area contributed by atoms with Crippen molar-refractivity contribution in [3.8, 4) is 5.75 Å². The van der Waals surface area contributed by atoms with Gasteiger partial charge in [-0.3, -0.25) is 4.79 Å². The molecule has 1 amide bonds. The molecule has 0 aromatic heterocycles. The van der Waals surface area contributed by atoms with Crippen LogP contribution in [0.1, 0.15) is 36.0 Å². The van der Waals surface area contributed by atoms with Crippen molar-refractivity contribution >= 4 is 11.9 Å². The van der Waals surface area contributed by atoms with E-state index in [4.69, 9.17) is 9.84 Å². The van der Waals surface area contributed by atoms with Crippen molar-refractivity contribution in [1.82, 2.24) is 4.90 Å². The third-order valence-electron chi connectivity index (χ3n) is 3.50. The molecule has 2 rings (SSSR count). The lowest BCUT2D eigenvalue weighted by Gasteiger charge is -2.20. The molecule has 21 heavy (non-hydrogen) atoms. The molecule has 1 N–H and O–H groups in total. The van der Waals surface area contributed by atoms with E-state index in [-0.39, 0.29) is 18.3 Å². The van der Waals surface area contributed by atoms with Crippen LogP contribution in [0.4, 0.5) is 4.39 Å². The van der Waals surface area contributed by atoms with Crippen molar-refractivity contribution in [3.05, 3.63) is 29.6 Å². The molecular formula is C15H18FNO4. The van der Waals surface area contributed by atoms with Crippen LogP contribution in [-0.2, 0) is 4.79 Å². The molecule has 0 bridgehead atoms. The minimum absolute atomic E-state index is 0.120. The Hall–Kier alpha value is -2.11. The first kappa shape index (κ1) is 15.3. The molecule has 114 valence electrons. The lowest BCUT2D eigenvalue weighted by molar-refractivity contribution is -0.133. The van der Waals surface area contributed by atoms with Crippen LogP contribution in [0.2, 0.25) is 0 Å². The van der Waals surface area contributed by atoms with E-state index in [2.05, 4.69) is 0 Å². The fourth-order valence-electron chi connectivity index (χ4n) is 2.38. The number of amides is 1. The number of carboxylic acid groups (broad SMARTS) is 1. The van der Waals surface area contributed by atoms with E-state index in [1.807, 2.05) is 0 Å². The van der Waals surface area contributed by atoms with Crippen molar-refractivity contribution < 1.29 is 23.8 Å². The number of carbonyl (C=O) groups is 2. The summed E-state index contributed by atoms with van der Waals surface area (Å²) in [6.45, 7) is 1.11.